The van der Waals surface area contributed by atoms with Crippen LogP contribution >= 0.6 is 0 Å². The third-order valence-electron chi connectivity index (χ3n) is 6.17. The Morgan fingerprint density at radius 3 is 2.52 bits per heavy atom. The number of likely N-dealkylation sites (tertiary alicyclic amines) is 1. The van der Waals surface area contributed by atoms with E-state index >= 15 is 0 Å². The summed E-state index contributed by atoms with van der Waals surface area (Å²) in [7, 11) is 3.17. The Balaban J connectivity index is 1.76. The molecule has 31 heavy (non-hydrogen) atoms. The van der Waals surface area contributed by atoms with Gasteiger partial charge in [0, 0.05) is 42.7 Å². The van der Waals surface area contributed by atoms with Crippen molar-refractivity contribution in [3.63, 3.8) is 0 Å². The van der Waals surface area contributed by atoms with Gasteiger partial charge in [-0.1, -0.05) is 6.58 Å². The predicted molar refractivity (Wildman–Crippen MR) is 116 cm³/mol. The summed E-state index contributed by atoms with van der Waals surface area (Å²) in [5.41, 5.74) is 8.14. The molecule has 0 aliphatic carbocycles. The van der Waals surface area contributed by atoms with Gasteiger partial charge in [-0.05, 0) is 31.6 Å². The highest BCUT2D eigenvalue weighted by Gasteiger charge is 2.38. The highest BCUT2D eigenvalue weighted by molar-refractivity contribution is 6.04. The molecule has 0 saturated carbocycles. The first-order chi connectivity index (χ1) is 14.9. The summed E-state index contributed by atoms with van der Waals surface area (Å²) in [6, 6.07) is 3.79. The van der Waals surface area contributed by atoms with Crippen molar-refractivity contribution in [2.75, 3.05) is 32.6 Å². The standard InChI is InChI=1S/C22H27N5O4/c1-5-18(28)26-7-6-15-14(10-26)11-27-22(24-15)19(21(23)29)20(25-27)13-8-16(30-3)12(2)17(9-13)31-4/h5,8-9,14-15,24H,1,6-7,10-11H2,2-4H3,(H2,23,29). The second-order valence-electron chi connectivity index (χ2n) is 7.91. The van der Waals surface area contributed by atoms with E-state index in [0.717, 1.165) is 12.0 Å². The van der Waals surface area contributed by atoms with Crippen LogP contribution in [-0.4, -0.2) is 59.8 Å². The quantitative estimate of drug-likeness (QED) is 0.707. The van der Waals surface area contributed by atoms with Gasteiger partial charge in [0.05, 0.1) is 14.2 Å². The molecule has 9 heteroatoms. The lowest BCUT2D eigenvalue weighted by atomic mass is 9.90. The fraction of sp³-hybridized carbons (Fsp3) is 0.409. The van der Waals surface area contributed by atoms with Gasteiger partial charge in [-0.15, -0.1) is 0 Å². The molecule has 2 aromatic rings. The molecule has 2 atom stereocenters. The van der Waals surface area contributed by atoms with E-state index < -0.39 is 5.91 Å². The van der Waals surface area contributed by atoms with E-state index in [-0.39, 0.29) is 17.9 Å². The van der Waals surface area contributed by atoms with Gasteiger partial charge in [0.1, 0.15) is 28.6 Å². The monoisotopic (exact) mass is 425 g/mol. The molecular weight excluding hydrogens is 398 g/mol. The van der Waals surface area contributed by atoms with Gasteiger partial charge in [-0.25, -0.2) is 4.68 Å². The molecule has 0 radical (unpaired) electrons. The van der Waals surface area contributed by atoms with E-state index in [1.54, 1.807) is 23.8 Å². The smallest absolute Gasteiger partial charge is 0.254 e. The molecule has 3 N–H and O–H groups in total. The van der Waals surface area contributed by atoms with Gasteiger partial charge in [0.2, 0.25) is 5.91 Å². The van der Waals surface area contributed by atoms with Crippen molar-refractivity contribution in [2.45, 2.75) is 25.9 Å². The molecule has 3 heterocycles. The van der Waals surface area contributed by atoms with Crippen LogP contribution in [0.4, 0.5) is 5.82 Å². The number of benzene rings is 1. The summed E-state index contributed by atoms with van der Waals surface area (Å²) in [6.07, 6.45) is 2.12. The number of anilines is 1. The minimum atomic E-state index is -0.556. The van der Waals surface area contributed by atoms with Crippen molar-refractivity contribution in [1.29, 1.82) is 0 Å². The maximum atomic E-state index is 12.4. The highest BCUT2D eigenvalue weighted by atomic mass is 16.5. The van der Waals surface area contributed by atoms with E-state index in [9.17, 15) is 9.59 Å². The highest BCUT2D eigenvalue weighted by Crippen LogP contribution is 2.39. The number of aromatic nitrogens is 2. The van der Waals surface area contributed by atoms with Crippen LogP contribution in [0.25, 0.3) is 11.3 Å². The van der Waals surface area contributed by atoms with Crippen LogP contribution in [-0.2, 0) is 11.3 Å². The number of primary amides is 1. The number of nitrogens with two attached hydrogens (primary N) is 1. The Bertz CT molecular complexity index is 1040. The lowest BCUT2D eigenvalue weighted by Gasteiger charge is -2.41. The number of methoxy groups -OCH3 is 2. The largest absolute Gasteiger partial charge is 0.496 e. The lowest BCUT2D eigenvalue weighted by Crippen LogP contribution is -2.52. The molecule has 0 spiro atoms. The summed E-state index contributed by atoms with van der Waals surface area (Å²) in [5.74, 6) is 1.43. The van der Waals surface area contributed by atoms with Crippen molar-refractivity contribution in [1.82, 2.24) is 14.7 Å². The van der Waals surface area contributed by atoms with Gasteiger partial charge >= 0.3 is 0 Å². The number of nitrogens with zero attached hydrogens (tertiary/aromatic N) is 3. The number of carbonyl (C=O) groups is 2. The fourth-order valence-electron chi connectivity index (χ4n) is 4.53. The molecule has 4 rings (SSSR count). The zero-order valence-corrected chi connectivity index (χ0v) is 18.0. The predicted octanol–water partition coefficient (Wildman–Crippen LogP) is 1.80. The average molecular weight is 425 g/mol. The second-order valence-corrected chi connectivity index (χ2v) is 7.91. The average Bonchev–Trinajstić information content (AvgIpc) is 3.15. The van der Waals surface area contributed by atoms with Crippen LogP contribution in [0.1, 0.15) is 22.3 Å². The summed E-state index contributed by atoms with van der Waals surface area (Å²) in [5, 5.41) is 8.18. The van der Waals surface area contributed by atoms with E-state index in [2.05, 4.69) is 11.9 Å². The molecule has 0 bridgehead atoms. The Kier molecular flexibility index (Phi) is 5.34. The van der Waals surface area contributed by atoms with Crippen molar-refractivity contribution < 1.29 is 19.1 Å². The molecule has 1 aromatic heterocycles. The van der Waals surface area contributed by atoms with Gasteiger partial charge in [-0.2, -0.15) is 5.10 Å². The molecular formula is C22H27N5O4. The van der Waals surface area contributed by atoms with Crippen LogP contribution in [0.5, 0.6) is 11.5 Å². The number of hydrogen-bond acceptors (Lipinski definition) is 6. The van der Waals surface area contributed by atoms with Crippen LogP contribution < -0.4 is 20.5 Å². The third-order valence-corrected chi connectivity index (χ3v) is 6.17. The van der Waals surface area contributed by atoms with Gasteiger partial charge in [0.25, 0.3) is 5.91 Å². The Morgan fingerprint density at radius 1 is 1.26 bits per heavy atom. The maximum Gasteiger partial charge on any atom is 0.254 e. The Morgan fingerprint density at radius 2 is 1.94 bits per heavy atom. The molecule has 2 aliphatic heterocycles. The summed E-state index contributed by atoms with van der Waals surface area (Å²) >= 11 is 0. The summed E-state index contributed by atoms with van der Waals surface area (Å²) in [6.45, 7) is 7.30. The van der Waals surface area contributed by atoms with Crippen LogP contribution in [0.2, 0.25) is 0 Å². The molecule has 164 valence electrons. The number of carbonyl (C=O) groups excluding carboxylic acids is 2. The topological polar surface area (TPSA) is 112 Å². The van der Waals surface area contributed by atoms with Crippen molar-refractivity contribution >= 4 is 17.6 Å². The molecule has 2 aliphatic rings. The van der Waals surface area contributed by atoms with Crippen LogP contribution in [0.3, 0.4) is 0 Å². The zero-order valence-electron chi connectivity index (χ0n) is 18.0. The normalized spacial score (nSPS) is 19.6. The number of rotatable bonds is 5. The van der Waals surface area contributed by atoms with Crippen molar-refractivity contribution in [3.05, 3.63) is 35.9 Å². The van der Waals surface area contributed by atoms with Crippen molar-refractivity contribution in [3.8, 4) is 22.8 Å². The second kappa shape index (κ2) is 7.98. The minimum Gasteiger partial charge on any atom is -0.496 e. The number of hydrogen-bond donors (Lipinski definition) is 2. The first-order valence-corrected chi connectivity index (χ1v) is 10.2. The van der Waals surface area contributed by atoms with E-state index in [1.807, 2.05) is 19.1 Å². The van der Waals surface area contributed by atoms with Gasteiger partial charge in [-0.3, -0.25) is 9.59 Å². The summed E-state index contributed by atoms with van der Waals surface area (Å²) in [4.78, 5) is 26.3. The lowest BCUT2D eigenvalue weighted by molar-refractivity contribution is -0.128. The third kappa shape index (κ3) is 3.49. The number of amides is 2. The fourth-order valence-corrected chi connectivity index (χ4v) is 4.53. The molecule has 1 saturated heterocycles. The Labute approximate surface area is 180 Å². The van der Waals surface area contributed by atoms with Gasteiger partial charge < -0.3 is 25.4 Å². The Hall–Kier alpha value is -3.49. The zero-order chi connectivity index (χ0) is 22.3. The first-order valence-electron chi connectivity index (χ1n) is 10.2. The number of piperidine rings is 1. The maximum absolute atomic E-state index is 12.4. The number of fused-ring (bicyclic) bond motifs is 2. The molecule has 1 aromatic carbocycles. The molecule has 2 amide bonds. The molecule has 2 unspecified atom stereocenters. The first kappa shape index (κ1) is 20.8. The van der Waals surface area contributed by atoms with Crippen LogP contribution in [0, 0.1) is 12.8 Å². The van der Waals surface area contributed by atoms with E-state index in [0.29, 0.717) is 53.8 Å². The SMILES string of the molecule is C=CC(=O)N1CCC2Nc3c(C(N)=O)c(-c4cc(OC)c(C)c(OC)c4)nn3CC2C1. The summed E-state index contributed by atoms with van der Waals surface area (Å²) < 4.78 is 12.7. The van der Waals surface area contributed by atoms with E-state index in [4.69, 9.17) is 20.3 Å². The van der Waals surface area contributed by atoms with Gasteiger partial charge in [0.15, 0.2) is 0 Å². The van der Waals surface area contributed by atoms with E-state index in [1.165, 1.54) is 6.08 Å². The molecule has 9 nitrogen and oxygen atoms in total. The minimum absolute atomic E-state index is 0.0675. The van der Waals surface area contributed by atoms with Crippen molar-refractivity contribution in [2.24, 2.45) is 11.7 Å². The van der Waals surface area contributed by atoms with Crippen LogP contribution in [0.15, 0.2) is 24.8 Å². The number of nitrogens with one attached hydrogen (secondary N) is 1. The molecule has 1 fully saturated rings. The number of ether oxygens (including phenoxy) is 2.